The van der Waals surface area contributed by atoms with Crippen LogP contribution in [0.3, 0.4) is 0 Å². The van der Waals surface area contributed by atoms with Crippen LogP contribution in [0.4, 0.5) is 5.13 Å². The number of aromatic nitrogens is 2. The maximum Gasteiger partial charge on any atom is 0.229 e. The van der Waals surface area contributed by atoms with Gasteiger partial charge < -0.3 is 9.47 Å². The molecule has 0 aliphatic carbocycles. The molecule has 0 aliphatic rings. The van der Waals surface area contributed by atoms with Crippen LogP contribution in [-0.2, 0) is 11.3 Å². The largest absolute Gasteiger partial charge is 0.497 e. The minimum atomic E-state index is 0.0594. The van der Waals surface area contributed by atoms with E-state index in [-0.39, 0.29) is 5.91 Å². The highest BCUT2D eigenvalue weighted by molar-refractivity contribution is 7.99. The maximum atomic E-state index is 13.4. The fraction of sp³-hybridized carbons (Fsp3) is 0.269. The van der Waals surface area contributed by atoms with Gasteiger partial charge in [0.05, 0.1) is 25.0 Å². The summed E-state index contributed by atoms with van der Waals surface area (Å²) in [5, 5.41) is 0.687. The van der Waals surface area contributed by atoms with Crippen molar-refractivity contribution in [2.75, 3.05) is 24.4 Å². The van der Waals surface area contributed by atoms with E-state index < -0.39 is 0 Å². The fourth-order valence-electron chi connectivity index (χ4n) is 3.45. The number of thiazole rings is 1. The SMILES string of the molecule is CCOc1cccc2sc(N(Cc3ccncc3)C(=O)CCCSc3ccc(OC)cc3)nc12. The van der Waals surface area contributed by atoms with Crippen LogP contribution in [0.1, 0.15) is 25.3 Å². The minimum absolute atomic E-state index is 0.0594. The number of anilines is 1. The van der Waals surface area contributed by atoms with Crippen molar-refractivity contribution in [1.82, 2.24) is 9.97 Å². The molecule has 2 heterocycles. The van der Waals surface area contributed by atoms with Gasteiger partial charge in [0.2, 0.25) is 5.91 Å². The van der Waals surface area contributed by atoms with Crippen LogP contribution in [0.15, 0.2) is 71.9 Å². The number of hydrogen-bond donors (Lipinski definition) is 0. The molecular weight excluding hydrogens is 466 g/mol. The first-order chi connectivity index (χ1) is 16.7. The Morgan fingerprint density at radius 2 is 1.88 bits per heavy atom. The summed E-state index contributed by atoms with van der Waals surface area (Å²) in [5.41, 5.74) is 1.81. The van der Waals surface area contributed by atoms with Crippen molar-refractivity contribution >= 4 is 44.4 Å². The molecule has 0 unspecified atom stereocenters. The van der Waals surface area contributed by atoms with Crippen LogP contribution in [0.5, 0.6) is 11.5 Å². The summed E-state index contributed by atoms with van der Waals surface area (Å²) in [6.45, 7) is 2.98. The van der Waals surface area contributed by atoms with Gasteiger partial charge in [-0.3, -0.25) is 14.7 Å². The first-order valence-corrected chi connectivity index (χ1v) is 13.0. The van der Waals surface area contributed by atoms with Crippen LogP contribution in [0.2, 0.25) is 0 Å². The quantitative estimate of drug-likeness (QED) is 0.183. The van der Waals surface area contributed by atoms with Crippen LogP contribution in [0, 0.1) is 0 Å². The van der Waals surface area contributed by atoms with E-state index in [1.54, 1.807) is 36.2 Å². The molecular formula is C26H27N3O3S2. The summed E-state index contributed by atoms with van der Waals surface area (Å²) in [5.74, 6) is 2.50. The van der Waals surface area contributed by atoms with Gasteiger partial charge in [-0.1, -0.05) is 17.4 Å². The molecule has 0 spiro atoms. The molecule has 176 valence electrons. The summed E-state index contributed by atoms with van der Waals surface area (Å²) in [6, 6.07) is 17.7. The Balaban J connectivity index is 1.47. The maximum absolute atomic E-state index is 13.4. The van der Waals surface area contributed by atoms with Gasteiger partial charge in [-0.25, -0.2) is 4.98 Å². The predicted molar refractivity (Wildman–Crippen MR) is 139 cm³/mol. The molecule has 4 aromatic rings. The third-order valence-electron chi connectivity index (χ3n) is 5.16. The number of fused-ring (bicyclic) bond motifs is 1. The molecule has 0 saturated heterocycles. The van der Waals surface area contributed by atoms with Gasteiger partial charge in [0.25, 0.3) is 0 Å². The van der Waals surface area contributed by atoms with E-state index in [1.165, 1.54) is 11.3 Å². The Labute approximate surface area is 207 Å². The number of rotatable bonds is 11. The average Bonchev–Trinajstić information content (AvgIpc) is 3.31. The number of ether oxygens (including phenoxy) is 2. The van der Waals surface area contributed by atoms with Crippen LogP contribution in [-0.4, -0.2) is 35.3 Å². The van der Waals surface area contributed by atoms with Crippen molar-refractivity contribution in [1.29, 1.82) is 0 Å². The molecule has 2 aromatic carbocycles. The third-order valence-corrected chi connectivity index (χ3v) is 7.30. The molecule has 1 amide bonds. The molecule has 0 saturated carbocycles. The highest BCUT2D eigenvalue weighted by Gasteiger charge is 2.21. The second kappa shape index (κ2) is 11.9. The molecule has 0 bridgehead atoms. The Bertz CT molecular complexity index is 1210. The zero-order chi connectivity index (χ0) is 23.8. The molecule has 34 heavy (non-hydrogen) atoms. The van der Waals surface area contributed by atoms with E-state index in [9.17, 15) is 4.79 Å². The Kier molecular flexibility index (Phi) is 8.38. The van der Waals surface area contributed by atoms with Gasteiger partial charge >= 0.3 is 0 Å². The van der Waals surface area contributed by atoms with Crippen molar-refractivity contribution < 1.29 is 14.3 Å². The second-order valence-electron chi connectivity index (χ2n) is 7.50. The molecule has 2 aromatic heterocycles. The summed E-state index contributed by atoms with van der Waals surface area (Å²) >= 11 is 3.25. The zero-order valence-corrected chi connectivity index (χ0v) is 20.9. The number of benzene rings is 2. The van der Waals surface area contributed by atoms with E-state index in [0.29, 0.717) is 24.7 Å². The van der Waals surface area contributed by atoms with Crippen LogP contribution >= 0.6 is 23.1 Å². The van der Waals surface area contributed by atoms with Gasteiger partial charge in [-0.2, -0.15) is 0 Å². The lowest BCUT2D eigenvalue weighted by Crippen LogP contribution is -2.30. The van der Waals surface area contributed by atoms with Gasteiger partial charge in [-0.05, 0) is 73.2 Å². The van der Waals surface area contributed by atoms with Crippen LogP contribution < -0.4 is 14.4 Å². The fourth-order valence-corrected chi connectivity index (χ4v) is 5.31. The smallest absolute Gasteiger partial charge is 0.229 e. The number of methoxy groups -OCH3 is 1. The van der Waals surface area contributed by atoms with Crippen molar-refractivity contribution in [3.8, 4) is 11.5 Å². The van der Waals surface area contributed by atoms with E-state index in [0.717, 1.165) is 44.3 Å². The highest BCUT2D eigenvalue weighted by Crippen LogP contribution is 2.35. The van der Waals surface area contributed by atoms with Crippen LogP contribution in [0.25, 0.3) is 10.2 Å². The molecule has 0 aliphatic heterocycles. The monoisotopic (exact) mass is 493 g/mol. The molecule has 0 N–H and O–H groups in total. The number of hydrogen-bond acceptors (Lipinski definition) is 7. The van der Waals surface area contributed by atoms with Gasteiger partial charge in [0.15, 0.2) is 5.13 Å². The van der Waals surface area contributed by atoms with Crippen molar-refractivity contribution in [2.45, 2.75) is 31.2 Å². The highest BCUT2D eigenvalue weighted by atomic mass is 32.2. The topological polar surface area (TPSA) is 64.5 Å². The van der Waals surface area contributed by atoms with Crippen molar-refractivity contribution in [3.63, 3.8) is 0 Å². The second-order valence-corrected chi connectivity index (χ2v) is 9.67. The predicted octanol–water partition coefficient (Wildman–Crippen LogP) is 6.20. The lowest BCUT2D eigenvalue weighted by atomic mass is 10.2. The summed E-state index contributed by atoms with van der Waals surface area (Å²) in [6.07, 6.45) is 4.71. The number of pyridine rings is 1. The first-order valence-electron chi connectivity index (χ1n) is 11.2. The number of carbonyl (C=O) groups is 1. The number of para-hydroxylation sites is 1. The molecule has 0 atom stereocenters. The normalized spacial score (nSPS) is 10.9. The van der Waals surface area contributed by atoms with E-state index in [1.807, 2.05) is 61.5 Å². The Hall–Kier alpha value is -3.10. The van der Waals surface area contributed by atoms with E-state index in [4.69, 9.17) is 14.5 Å². The van der Waals surface area contributed by atoms with Gasteiger partial charge in [0, 0.05) is 23.7 Å². The minimum Gasteiger partial charge on any atom is -0.497 e. The average molecular weight is 494 g/mol. The zero-order valence-electron chi connectivity index (χ0n) is 19.3. The molecule has 8 heteroatoms. The molecule has 0 fully saturated rings. The number of thioether (sulfide) groups is 1. The van der Waals surface area contributed by atoms with E-state index in [2.05, 4.69) is 4.98 Å². The van der Waals surface area contributed by atoms with Crippen molar-refractivity contribution in [3.05, 3.63) is 72.6 Å². The first kappa shape index (κ1) is 24.0. The van der Waals surface area contributed by atoms with E-state index >= 15 is 0 Å². The van der Waals surface area contributed by atoms with Gasteiger partial charge in [-0.15, -0.1) is 11.8 Å². The molecule has 4 rings (SSSR count). The lowest BCUT2D eigenvalue weighted by Gasteiger charge is -2.20. The lowest BCUT2D eigenvalue weighted by molar-refractivity contribution is -0.118. The summed E-state index contributed by atoms with van der Waals surface area (Å²) < 4.78 is 12.0. The molecule has 6 nitrogen and oxygen atoms in total. The Morgan fingerprint density at radius 3 is 2.62 bits per heavy atom. The number of carbonyl (C=O) groups excluding carboxylic acids is 1. The third kappa shape index (κ3) is 6.07. The standard InChI is InChI=1S/C26H27N3O3S2/c1-3-32-22-6-4-7-23-25(22)28-26(34-23)29(18-19-13-15-27-16-14-19)24(30)8-5-17-33-21-11-9-20(31-2)10-12-21/h4,6-7,9-16H,3,5,8,17-18H2,1-2H3. The summed E-state index contributed by atoms with van der Waals surface area (Å²) in [7, 11) is 1.66. The summed E-state index contributed by atoms with van der Waals surface area (Å²) in [4.78, 5) is 25.2. The number of nitrogens with zero attached hydrogens (tertiary/aromatic N) is 3. The van der Waals surface area contributed by atoms with Crippen molar-refractivity contribution in [2.24, 2.45) is 0 Å². The molecule has 0 radical (unpaired) electrons. The Morgan fingerprint density at radius 1 is 1.09 bits per heavy atom. The van der Waals surface area contributed by atoms with Gasteiger partial charge in [0.1, 0.15) is 17.0 Å². The number of amides is 1.